The number of rotatable bonds is 4. The van der Waals surface area contributed by atoms with Crippen LogP contribution in [0.1, 0.15) is 11.8 Å². The van der Waals surface area contributed by atoms with Gasteiger partial charge in [-0.1, -0.05) is 0 Å². The monoisotopic (exact) mass is 222 g/mol. The Morgan fingerprint density at radius 2 is 2.25 bits per heavy atom. The van der Waals surface area contributed by atoms with E-state index in [4.69, 9.17) is 0 Å². The maximum absolute atomic E-state index is 9.83. The fourth-order valence-corrected chi connectivity index (χ4v) is 1.54. The van der Waals surface area contributed by atoms with Crippen LogP contribution in [0.25, 0.3) is 10.9 Å². The lowest BCUT2D eigenvalue weighted by atomic mass is 10.1. The maximum Gasteiger partial charge on any atom is 0.123 e. The Morgan fingerprint density at radius 1 is 1.44 bits per heavy atom. The third-order valence-electron chi connectivity index (χ3n) is 2.43. The topological polar surface area (TPSA) is 94.1 Å². The maximum atomic E-state index is 9.83. The van der Waals surface area contributed by atoms with Crippen molar-refractivity contribution in [3.8, 4) is 0 Å². The van der Waals surface area contributed by atoms with Crippen LogP contribution >= 0.6 is 0 Å². The average molecular weight is 222 g/mol. The molecule has 6 nitrogen and oxygen atoms in total. The van der Waals surface area contributed by atoms with E-state index in [1.165, 1.54) is 0 Å². The SMILES string of the molecule is CNCC(O)C(O)c1cc2cn[nH]c2cn1. The zero-order valence-corrected chi connectivity index (χ0v) is 8.88. The van der Waals surface area contributed by atoms with Crippen molar-refractivity contribution in [2.75, 3.05) is 13.6 Å². The van der Waals surface area contributed by atoms with Crippen LogP contribution < -0.4 is 5.32 Å². The number of likely N-dealkylation sites (N-methyl/N-ethyl adjacent to an activating group) is 1. The van der Waals surface area contributed by atoms with Crippen LogP contribution in [-0.4, -0.2) is 45.1 Å². The molecule has 86 valence electrons. The van der Waals surface area contributed by atoms with Gasteiger partial charge in [0.15, 0.2) is 0 Å². The van der Waals surface area contributed by atoms with Gasteiger partial charge in [0.2, 0.25) is 0 Å². The average Bonchev–Trinajstić information content (AvgIpc) is 2.75. The Labute approximate surface area is 92.3 Å². The molecule has 2 heterocycles. The van der Waals surface area contributed by atoms with Crippen molar-refractivity contribution >= 4 is 10.9 Å². The van der Waals surface area contributed by atoms with E-state index in [2.05, 4.69) is 20.5 Å². The smallest absolute Gasteiger partial charge is 0.123 e. The largest absolute Gasteiger partial charge is 0.389 e. The van der Waals surface area contributed by atoms with E-state index in [-0.39, 0.29) is 0 Å². The molecule has 4 N–H and O–H groups in total. The number of aliphatic hydroxyl groups is 2. The van der Waals surface area contributed by atoms with Crippen molar-refractivity contribution in [1.82, 2.24) is 20.5 Å². The van der Waals surface area contributed by atoms with Gasteiger partial charge in [-0.3, -0.25) is 10.1 Å². The van der Waals surface area contributed by atoms with Gasteiger partial charge in [0.1, 0.15) is 6.10 Å². The quantitative estimate of drug-likeness (QED) is 0.563. The molecule has 0 radical (unpaired) electrons. The van der Waals surface area contributed by atoms with Crippen LogP contribution in [0, 0.1) is 0 Å². The van der Waals surface area contributed by atoms with Crippen LogP contribution in [0.3, 0.4) is 0 Å². The molecule has 6 heteroatoms. The minimum Gasteiger partial charge on any atom is -0.389 e. The van der Waals surface area contributed by atoms with Gasteiger partial charge >= 0.3 is 0 Å². The number of hydrogen-bond donors (Lipinski definition) is 4. The summed E-state index contributed by atoms with van der Waals surface area (Å²) in [5, 5.41) is 29.7. The second-order valence-corrected chi connectivity index (χ2v) is 3.64. The van der Waals surface area contributed by atoms with E-state index in [1.54, 1.807) is 25.5 Å². The minimum atomic E-state index is -0.994. The molecule has 0 saturated heterocycles. The highest BCUT2D eigenvalue weighted by molar-refractivity contribution is 5.77. The zero-order valence-electron chi connectivity index (χ0n) is 8.88. The summed E-state index contributed by atoms with van der Waals surface area (Å²) < 4.78 is 0. The molecule has 0 bridgehead atoms. The molecular formula is C10H14N4O2. The molecule has 2 aromatic heterocycles. The lowest BCUT2D eigenvalue weighted by Gasteiger charge is -2.16. The van der Waals surface area contributed by atoms with E-state index in [9.17, 15) is 10.2 Å². The van der Waals surface area contributed by atoms with Crippen LogP contribution in [0.5, 0.6) is 0 Å². The Morgan fingerprint density at radius 3 is 3.00 bits per heavy atom. The summed E-state index contributed by atoms with van der Waals surface area (Å²) in [6, 6.07) is 1.71. The van der Waals surface area contributed by atoms with Crippen molar-refractivity contribution in [3.63, 3.8) is 0 Å². The Hall–Kier alpha value is -1.50. The second kappa shape index (κ2) is 4.56. The van der Waals surface area contributed by atoms with E-state index >= 15 is 0 Å². The summed E-state index contributed by atoms with van der Waals surface area (Å²) in [7, 11) is 1.71. The Bertz CT molecular complexity index is 471. The zero-order chi connectivity index (χ0) is 11.5. The molecule has 0 aliphatic heterocycles. The number of fused-ring (bicyclic) bond motifs is 1. The molecule has 2 rings (SSSR count). The van der Waals surface area contributed by atoms with Crippen molar-refractivity contribution in [3.05, 3.63) is 24.2 Å². The van der Waals surface area contributed by atoms with Gasteiger partial charge in [0, 0.05) is 11.9 Å². The third kappa shape index (κ3) is 2.04. The van der Waals surface area contributed by atoms with E-state index in [0.717, 1.165) is 10.9 Å². The first-order valence-electron chi connectivity index (χ1n) is 5.02. The van der Waals surface area contributed by atoms with Gasteiger partial charge in [-0.05, 0) is 13.1 Å². The van der Waals surface area contributed by atoms with Gasteiger partial charge in [0.25, 0.3) is 0 Å². The van der Waals surface area contributed by atoms with E-state index in [0.29, 0.717) is 12.2 Å². The fourth-order valence-electron chi connectivity index (χ4n) is 1.54. The highest BCUT2D eigenvalue weighted by Crippen LogP contribution is 2.18. The molecule has 0 aromatic carbocycles. The number of nitrogens with one attached hydrogen (secondary N) is 2. The fraction of sp³-hybridized carbons (Fsp3) is 0.400. The lowest BCUT2D eigenvalue weighted by molar-refractivity contribution is 0.0178. The molecule has 0 spiro atoms. The van der Waals surface area contributed by atoms with Crippen LogP contribution in [-0.2, 0) is 0 Å². The number of H-pyrrole nitrogens is 1. The Kier molecular flexibility index (Phi) is 3.14. The highest BCUT2D eigenvalue weighted by Gasteiger charge is 2.19. The summed E-state index contributed by atoms with van der Waals surface area (Å²) in [4.78, 5) is 4.07. The molecule has 2 unspecified atom stereocenters. The molecule has 0 aliphatic carbocycles. The summed E-state index contributed by atoms with van der Waals surface area (Å²) in [5.41, 5.74) is 1.25. The van der Waals surface area contributed by atoms with Crippen LogP contribution in [0.15, 0.2) is 18.5 Å². The number of aromatic amines is 1. The number of nitrogens with zero attached hydrogens (tertiary/aromatic N) is 2. The number of hydrogen-bond acceptors (Lipinski definition) is 5. The molecule has 0 amide bonds. The first kappa shape index (κ1) is 11.0. The molecular weight excluding hydrogens is 208 g/mol. The molecule has 2 aromatic rings. The lowest BCUT2D eigenvalue weighted by Crippen LogP contribution is -2.30. The predicted molar refractivity (Wildman–Crippen MR) is 58.8 cm³/mol. The molecule has 16 heavy (non-hydrogen) atoms. The molecule has 0 fully saturated rings. The second-order valence-electron chi connectivity index (χ2n) is 3.64. The first-order valence-corrected chi connectivity index (χ1v) is 5.02. The predicted octanol–water partition coefficient (Wildman–Crippen LogP) is -0.428. The summed E-state index contributed by atoms with van der Waals surface area (Å²) in [5.74, 6) is 0. The number of pyridine rings is 1. The number of aromatic nitrogens is 3. The van der Waals surface area contributed by atoms with Gasteiger partial charge in [-0.15, -0.1) is 0 Å². The van der Waals surface area contributed by atoms with Gasteiger partial charge in [0.05, 0.1) is 29.7 Å². The third-order valence-corrected chi connectivity index (χ3v) is 2.43. The van der Waals surface area contributed by atoms with Crippen LogP contribution in [0.4, 0.5) is 0 Å². The summed E-state index contributed by atoms with van der Waals surface area (Å²) in [6.45, 7) is 0.312. The normalized spacial score (nSPS) is 15.2. The van der Waals surface area contributed by atoms with Crippen molar-refractivity contribution < 1.29 is 10.2 Å². The minimum absolute atomic E-state index is 0.312. The standard InChI is InChI=1S/C10H14N4O2/c1-11-5-9(15)10(16)7-2-6-3-13-14-8(6)4-12-7/h2-4,9-11,15-16H,5H2,1H3,(H,13,14). The van der Waals surface area contributed by atoms with E-state index < -0.39 is 12.2 Å². The van der Waals surface area contributed by atoms with Crippen molar-refractivity contribution in [2.45, 2.75) is 12.2 Å². The van der Waals surface area contributed by atoms with Crippen molar-refractivity contribution in [2.24, 2.45) is 0 Å². The van der Waals surface area contributed by atoms with Gasteiger partial charge < -0.3 is 15.5 Å². The van der Waals surface area contributed by atoms with E-state index in [1.807, 2.05) is 0 Å². The van der Waals surface area contributed by atoms with Crippen molar-refractivity contribution in [1.29, 1.82) is 0 Å². The molecule has 2 atom stereocenters. The number of aliphatic hydroxyl groups excluding tert-OH is 2. The Balaban J connectivity index is 2.24. The molecule has 0 aliphatic rings. The molecule has 0 saturated carbocycles. The highest BCUT2D eigenvalue weighted by atomic mass is 16.3. The van der Waals surface area contributed by atoms with Gasteiger partial charge in [-0.25, -0.2) is 0 Å². The summed E-state index contributed by atoms with van der Waals surface area (Å²) in [6.07, 6.45) is 1.37. The summed E-state index contributed by atoms with van der Waals surface area (Å²) >= 11 is 0. The van der Waals surface area contributed by atoms with Crippen LogP contribution in [0.2, 0.25) is 0 Å². The van der Waals surface area contributed by atoms with Gasteiger partial charge in [-0.2, -0.15) is 5.10 Å². The first-order chi connectivity index (χ1) is 7.72.